The van der Waals surface area contributed by atoms with Crippen molar-refractivity contribution in [1.29, 1.82) is 0 Å². The minimum atomic E-state index is -0.124. The average molecular weight is 364 g/mol. The summed E-state index contributed by atoms with van der Waals surface area (Å²) in [6, 6.07) is 18.7. The Morgan fingerprint density at radius 1 is 1.00 bits per heavy atom. The van der Waals surface area contributed by atoms with Crippen LogP contribution >= 0.6 is 0 Å². The molecule has 1 N–H and O–H groups in total. The maximum atomic E-state index is 13.6. The first-order chi connectivity index (χ1) is 13.2. The molecular formula is C25H33NO. The summed E-state index contributed by atoms with van der Waals surface area (Å²) >= 11 is 0. The lowest BCUT2D eigenvalue weighted by molar-refractivity contribution is 0.0887. The third-order valence-corrected chi connectivity index (χ3v) is 6.33. The normalized spacial score (nSPS) is 23.7. The fraction of sp³-hybridized carbons (Fsp3) is 0.480. The molecule has 1 aliphatic heterocycles. The van der Waals surface area contributed by atoms with E-state index in [1.807, 2.05) is 30.3 Å². The van der Waals surface area contributed by atoms with Crippen LogP contribution in [0.4, 0.5) is 0 Å². The number of rotatable bonds is 7. The Balaban J connectivity index is 1.97. The second-order valence-corrected chi connectivity index (χ2v) is 7.92. The van der Waals surface area contributed by atoms with E-state index >= 15 is 0 Å². The smallest absolute Gasteiger partial charge is 0.171 e. The first-order valence-corrected chi connectivity index (χ1v) is 10.6. The first-order valence-electron chi connectivity index (χ1n) is 10.6. The molecule has 4 atom stereocenters. The quantitative estimate of drug-likeness (QED) is 0.646. The van der Waals surface area contributed by atoms with Gasteiger partial charge in [0.1, 0.15) is 0 Å². The highest BCUT2D eigenvalue weighted by molar-refractivity contribution is 6.01. The number of nitrogens with one attached hydrogen (secondary N) is 1. The number of ketones is 1. The maximum Gasteiger partial charge on any atom is 0.171 e. The molecule has 1 fully saturated rings. The van der Waals surface area contributed by atoms with E-state index in [1.165, 1.54) is 18.4 Å². The van der Waals surface area contributed by atoms with Gasteiger partial charge in [0.25, 0.3) is 0 Å². The molecule has 2 aromatic rings. The summed E-state index contributed by atoms with van der Waals surface area (Å²) in [6.07, 6.45) is 4.56. The molecule has 0 aliphatic carbocycles. The van der Waals surface area contributed by atoms with Crippen LogP contribution in [0.2, 0.25) is 0 Å². The van der Waals surface area contributed by atoms with E-state index < -0.39 is 0 Å². The third-order valence-electron chi connectivity index (χ3n) is 6.33. The van der Waals surface area contributed by atoms with Gasteiger partial charge in [0.15, 0.2) is 5.78 Å². The van der Waals surface area contributed by atoms with Crippen molar-refractivity contribution in [2.75, 3.05) is 6.54 Å². The molecule has 2 aromatic carbocycles. The number of hydrogen-bond donors (Lipinski definition) is 1. The standard InChI is InChI=1S/C25H33NO/c1-4-18-12-14-21(15-13-18)23(25(27)22-10-8-7-9-11-22)24-20(6-3)16-19(5-2)17-26-24/h7-15,19-20,23-24,26H,4-6,16-17H2,1-3H3. The van der Waals surface area contributed by atoms with Crippen molar-refractivity contribution < 1.29 is 4.79 Å². The third kappa shape index (κ3) is 4.50. The van der Waals surface area contributed by atoms with Crippen molar-refractivity contribution in [3.63, 3.8) is 0 Å². The van der Waals surface area contributed by atoms with Crippen LogP contribution in [-0.4, -0.2) is 18.4 Å². The molecule has 0 bridgehead atoms. The molecule has 0 radical (unpaired) electrons. The lowest BCUT2D eigenvalue weighted by Crippen LogP contribution is -2.50. The molecule has 1 heterocycles. The van der Waals surface area contributed by atoms with E-state index in [0.717, 1.165) is 36.4 Å². The molecule has 1 aliphatic rings. The molecule has 1 saturated heterocycles. The second kappa shape index (κ2) is 9.32. The van der Waals surface area contributed by atoms with Crippen LogP contribution < -0.4 is 5.32 Å². The number of aryl methyl sites for hydroxylation is 1. The van der Waals surface area contributed by atoms with E-state index in [-0.39, 0.29) is 17.7 Å². The monoisotopic (exact) mass is 363 g/mol. The molecule has 0 spiro atoms. The van der Waals surface area contributed by atoms with Crippen molar-refractivity contribution in [3.8, 4) is 0 Å². The summed E-state index contributed by atoms with van der Waals surface area (Å²) in [7, 11) is 0. The summed E-state index contributed by atoms with van der Waals surface area (Å²) in [5, 5.41) is 3.78. The summed E-state index contributed by atoms with van der Waals surface area (Å²) in [6.45, 7) is 7.72. The van der Waals surface area contributed by atoms with Gasteiger partial charge in [-0.05, 0) is 42.3 Å². The number of carbonyl (C=O) groups is 1. The Bertz CT molecular complexity index is 722. The Hall–Kier alpha value is -1.93. The minimum absolute atomic E-state index is 0.124. The van der Waals surface area contributed by atoms with Crippen LogP contribution in [0.25, 0.3) is 0 Å². The van der Waals surface area contributed by atoms with Gasteiger partial charge in [-0.25, -0.2) is 0 Å². The highest BCUT2D eigenvalue weighted by Gasteiger charge is 2.38. The number of piperidine rings is 1. The predicted octanol–water partition coefficient (Wildman–Crippen LogP) is 5.63. The van der Waals surface area contributed by atoms with E-state index in [4.69, 9.17) is 0 Å². The molecule has 2 heteroatoms. The van der Waals surface area contributed by atoms with Gasteiger partial charge in [0.05, 0.1) is 5.92 Å². The molecule has 0 saturated carbocycles. The number of hydrogen-bond acceptors (Lipinski definition) is 2. The number of benzene rings is 2. The van der Waals surface area contributed by atoms with E-state index in [9.17, 15) is 4.79 Å². The van der Waals surface area contributed by atoms with Gasteiger partial charge >= 0.3 is 0 Å². The largest absolute Gasteiger partial charge is 0.312 e. The molecular weight excluding hydrogens is 330 g/mol. The van der Waals surface area contributed by atoms with Crippen molar-refractivity contribution in [1.82, 2.24) is 5.32 Å². The fourth-order valence-corrected chi connectivity index (χ4v) is 4.51. The fourth-order valence-electron chi connectivity index (χ4n) is 4.51. The average Bonchev–Trinajstić information content (AvgIpc) is 2.75. The topological polar surface area (TPSA) is 29.1 Å². The number of carbonyl (C=O) groups excluding carboxylic acids is 1. The Morgan fingerprint density at radius 2 is 1.70 bits per heavy atom. The van der Waals surface area contributed by atoms with E-state index in [2.05, 4.69) is 50.4 Å². The van der Waals surface area contributed by atoms with Crippen molar-refractivity contribution >= 4 is 5.78 Å². The SMILES string of the molecule is CCc1ccc(C(C(=O)c2ccccc2)C2NCC(CC)CC2CC)cc1. The van der Waals surface area contributed by atoms with Gasteiger partial charge in [-0.1, -0.05) is 88.2 Å². The van der Waals surface area contributed by atoms with Gasteiger partial charge in [-0.2, -0.15) is 0 Å². The van der Waals surface area contributed by atoms with Gasteiger partial charge in [0, 0.05) is 11.6 Å². The maximum absolute atomic E-state index is 13.6. The van der Waals surface area contributed by atoms with E-state index in [0.29, 0.717) is 5.92 Å². The predicted molar refractivity (Wildman–Crippen MR) is 113 cm³/mol. The van der Waals surface area contributed by atoms with Gasteiger partial charge in [-0.3, -0.25) is 4.79 Å². The van der Waals surface area contributed by atoms with Gasteiger partial charge in [-0.15, -0.1) is 0 Å². The van der Waals surface area contributed by atoms with Crippen molar-refractivity contribution in [2.24, 2.45) is 11.8 Å². The van der Waals surface area contributed by atoms with Crippen LogP contribution in [0.15, 0.2) is 54.6 Å². The zero-order valence-electron chi connectivity index (χ0n) is 16.9. The van der Waals surface area contributed by atoms with Crippen LogP contribution in [0, 0.1) is 11.8 Å². The highest BCUT2D eigenvalue weighted by atomic mass is 16.1. The highest BCUT2D eigenvalue weighted by Crippen LogP contribution is 2.36. The molecule has 4 unspecified atom stereocenters. The van der Waals surface area contributed by atoms with Gasteiger partial charge < -0.3 is 5.32 Å². The Morgan fingerprint density at radius 3 is 2.30 bits per heavy atom. The van der Waals surface area contributed by atoms with Crippen molar-refractivity contribution in [3.05, 3.63) is 71.3 Å². The molecule has 27 heavy (non-hydrogen) atoms. The zero-order valence-corrected chi connectivity index (χ0v) is 16.9. The van der Waals surface area contributed by atoms with Crippen LogP contribution in [0.3, 0.4) is 0 Å². The van der Waals surface area contributed by atoms with Crippen LogP contribution in [0.5, 0.6) is 0 Å². The Kier molecular flexibility index (Phi) is 6.84. The second-order valence-electron chi connectivity index (χ2n) is 7.92. The van der Waals surface area contributed by atoms with Crippen LogP contribution in [-0.2, 0) is 6.42 Å². The lowest BCUT2D eigenvalue weighted by atomic mass is 9.72. The summed E-state index contributed by atoms with van der Waals surface area (Å²) in [5.41, 5.74) is 3.28. The summed E-state index contributed by atoms with van der Waals surface area (Å²) in [4.78, 5) is 13.6. The number of Topliss-reactive ketones (excluding diaryl/α,β-unsaturated/α-hetero) is 1. The van der Waals surface area contributed by atoms with Gasteiger partial charge in [0.2, 0.25) is 0 Å². The summed E-state index contributed by atoms with van der Waals surface area (Å²) < 4.78 is 0. The van der Waals surface area contributed by atoms with Crippen molar-refractivity contribution in [2.45, 2.75) is 58.4 Å². The lowest BCUT2D eigenvalue weighted by Gasteiger charge is -2.40. The molecule has 2 nitrogen and oxygen atoms in total. The minimum Gasteiger partial charge on any atom is -0.312 e. The molecule has 3 rings (SSSR count). The first kappa shape index (κ1) is 19.8. The Labute approximate surface area is 164 Å². The molecule has 0 amide bonds. The summed E-state index contributed by atoms with van der Waals surface area (Å²) in [5.74, 6) is 1.38. The molecule has 144 valence electrons. The van der Waals surface area contributed by atoms with E-state index in [1.54, 1.807) is 0 Å². The van der Waals surface area contributed by atoms with Crippen LogP contribution in [0.1, 0.15) is 67.4 Å². The molecule has 0 aromatic heterocycles. The zero-order chi connectivity index (χ0) is 19.2.